The van der Waals surface area contributed by atoms with Gasteiger partial charge in [-0.3, -0.25) is 9.88 Å². The first-order chi connectivity index (χ1) is 11.3. The Hall–Kier alpha value is -1.70. The maximum Gasteiger partial charge on any atom is 0.178 e. The standard InChI is InChI=1S/C16H14BrN5S/c17-14-10-23-15(21-14)9-22-6-4-11-7-19-16(20-13(11)8-22)12-3-1-2-5-18-12/h1-3,5,7,10H,4,6,8-9H2. The Balaban J connectivity index is 1.56. The monoisotopic (exact) mass is 387 g/mol. The zero-order chi connectivity index (χ0) is 15.6. The Morgan fingerprint density at radius 2 is 2.17 bits per heavy atom. The van der Waals surface area contributed by atoms with E-state index in [0.717, 1.165) is 47.1 Å². The fraction of sp³-hybridized carbons (Fsp3) is 0.250. The average Bonchev–Trinajstić information content (AvgIpc) is 3.00. The fourth-order valence-electron chi connectivity index (χ4n) is 2.66. The first-order valence-corrected chi connectivity index (χ1v) is 9.03. The van der Waals surface area contributed by atoms with Crippen LogP contribution in [0.15, 0.2) is 40.6 Å². The zero-order valence-corrected chi connectivity index (χ0v) is 14.7. The largest absolute Gasteiger partial charge is 0.290 e. The Morgan fingerprint density at radius 3 is 2.96 bits per heavy atom. The van der Waals surface area contributed by atoms with Gasteiger partial charge in [-0.2, -0.15) is 0 Å². The molecule has 0 fully saturated rings. The molecule has 3 aromatic rings. The molecular weight excluding hydrogens is 374 g/mol. The molecule has 1 aliphatic heterocycles. The van der Waals surface area contributed by atoms with Crippen LogP contribution >= 0.6 is 27.3 Å². The number of halogens is 1. The summed E-state index contributed by atoms with van der Waals surface area (Å²) >= 11 is 5.09. The number of thiazole rings is 1. The number of hydrogen-bond donors (Lipinski definition) is 0. The molecule has 0 aromatic carbocycles. The van der Waals surface area contributed by atoms with Crippen LogP contribution in [0.3, 0.4) is 0 Å². The molecule has 0 atom stereocenters. The van der Waals surface area contributed by atoms with Crippen molar-refractivity contribution in [1.82, 2.24) is 24.8 Å². The molecule has 1 aliphatic rings. The second kappa shape index (κ2) is 6.43. The summed E-state index contributed by atoms with van der Waals surface area (Å²) in [4.78, 5) is 20.4. The van der Waals surface area contributed by atoms with Gasteiger partial charge in [0.15, 0.2) is 5.82 Å². The van der Waals surface area contributed by atoms with Gasteiger partial charge in [0, 0.05) is 30.9 Å². The maximum atomic E-state index is 4.74. The summed E-state index contributed by atoms with van der Waals surface area (Å²) in [5.74, 6) is 0.697. The average molecular weight is 388 g/mol. The molecule has 23 heavy (non-hydrogen) atoms. The second-order valence-electron chi connectivity index (χ2n) is 5.41. The van der Waals surface area contributed by atoms with E-state index in [0.29, 0.717) is 5.82 Å². The number of rotatable bonds is 3. The molecule has 0 unspecified atom stereocenters. The molecule has 0 N–H and O–H groups in total. The van der Waals surface area contributed by atoms with E-state index in [9.17, 15) is 0 Å². The quantitative estimate of drug-likeness (QED) is 0.689. The normalized spacial score (nSPS) is 14.7. The molecule has 0 spiro atoms. The number of nitrogens with zero attached hydrogens (tertiary/aromatic N) is 5. The van der Waals surface area contributed by atoms with E-state index in [-0.39, 0.29) is 0 Å². The van der Waals surface area contributed by atoms with E-state index >= 15 is 0 Å². The lowest BCUT2D eigenvalue weighted by molar-refractivity contribution is 0.241. The van der Waals surface area contributed by atoms with Crippen LogP contribution in [-0.2, 0) is 19.5 Å². The Labute approximate surface area is 146 Å². The van der Waals surface area contributed by atoms with Crippen molar-refractivity contribution in [2.24, 2.45) is 0 Å². The summed E-state index contributed by atoms with van der Waals surface area (Å²) in [7, 11) is 0. The summed E-state index contributed by atoms with van der Waals surface area (Å²) in [6.07, 6.45) is 4.69. The summed E-state index contributed by atoms with van der Waals surface area (Å²) in [6, 6.07) is 5.79. The van der Waals surface area contributed by atoms with Crippen LogP contribution < -0.4 is 0 Å². The lowest BCUT2D eigenvalue weighted by Crippen LogP contribution is -2.31. The zero-order valence-electron chi connectivity index (χ0n) is 12.3. The highest BCUT2D eigenvalue weighted by Gasteiger charge is 2.20. The van der Waals surface area contributed by atoms with Crippen LogP contribution in [0.2, 0.25) is 0 Å². The molecule has 4 heterocycles. The molecule has 4 rings (SSSR count). The number of pyridine rings is 1. The summed E-state index contributed by atoms with van der Waals surface area (Å²) in [6.45, 7) is 2.70. The van der Waals surface area contributed by atoms with E-state index in [1.54, 1.807) is 17.5 Å². The van der Waals surface area contributed by atoms with Crippen LogP contribution in [0.5, 0.6) is 0 Å². The third-order valence-corrected chi connectivity index (χ3v) is 5.34. The topological polar surface area (TPSA) is 54.8 Å². The van der Waals surface area contributed by atoms with E-state index < -0.39 is 0 Å². The van der Waals surface area contributed by atoms with Crippen LogP contribution in [0.4, 0.5) is 0 Å². The van der Waals surface area contributed by atoms with Gasteiger partial charge in [-0.25, -0.2) is 15.0 Å². The summed E-state index contributed by atoms with van der Waals surface area (Å²) < 4.78 is 0.912. The molecule has 0 aliphatic carbocycles. The van der Waals surface area contributed by atoms with Gasteiger partial charge in [-0.05, 0) is 40.0 Å². The van der Waals surface area contributed by atoms with Gasteiger partial charge >= 0.3 is 0 Å². The molecule has 116 valence electrons. The minimum Gasteiger partial charge on any atom is -0.290 e. The minimum absolute atomic E-state index is 0.697. The van der Waals surface area contributed by atoms with Gasteiger partial charge in [-0.1, -0.05) is 6.07 Å². The minimum atomic E-state index is 0.697. The lowest BCUT2D eigenvalue weighted by Gasteiger charge is -2.27. The van der Waals surface area contributed by atoms with E-state index in [2.05, 4.69) is 35.8 Å². The molecule has 0 saturated carbocycles. The van der Waals surface area contributed by atoms with Crippen LogP contribution in [0, 0.1) is 0 Å². The molecule has 5 nitrogen and oxygen atoms in total. The predicted molar refractivity (Wildman–Crippen MR) is 92.9 cm³/mol. The molecule has 0 amide bonds. The van der Waals surface area contributed by atoms with Crippen molar-refractivity contribution in [3.63, 3.8) is 0 Å². The Kier molecular flexibility index (Phi) is 4.15. The van der Waals surface area contributed by atoms with Crippen molar-refractivity contribution < 1.29 is 0 Å². The summed E-state index contributed by atoms with van der Waals surface area (Å²) in [5.41, 5.74) is 3.15. The molecule has 0 radical (unpaired) electrons. The van der Waals surface area contributed by atoms with E-state index in [1.165, 1.54) is 5.56 Å². The van der Waals surface area contributed by atoms with Crippen molar-refractivity contribution in [3.05, 3.63) is 56.8 Å². The number of fused-ring (bicyclic) bond motifs is 1. The summed E-state index contributed by atoms with van der Waals surface area (Å²) in [5, 5.41) is 3.15. The maximum absolute atomic E-state index is 4.74. The van der Waals surface area contributed by atoms with Gasteiger partial charge in [0.25, 0.3) is 0 Å². The van der Waals surface area contributed by atoms with Crippen molar-refractivity contribution in [2.45, 2.75) is 19.5 Å². The second-order valence-corrected chi connectivity index (χ2v) is 7.16. The van der Waals surface area contributed by atoms with Crippen LogP contribution in [0.25, 0.3) is 11.5 Å². The third kappa shape index (κ3) is 3.31. The van der Waals surface area contributed by atoms with Gasteiger partial charge < -0.3 is 0 Å². The molecule has 0 saturated heterocycles. The first kappa shape index (κ1) is 14.9. The van der Waals surface area contributed by atoms with E-state index in [4.69, 9.17) is 4.98 Å². The highest BCUT2D eigenvalue weighted by atomic mass is 79.9. The number of hydrogen-bond acceptors (Lipinski definition) is 6. The molecule has 0 bridgehead atoms. The molecule has 3 aromatic heterocycles. The highest BCUT2D eigenvalue weighted by Crippen LogP contribution is 2.23. The molecule has 7 heteroatoms. The SMILES string of the molecule is Brc1csc(CN2CCc3cnc(-c4ccccn4)nc3C2)n1. The van der Waals surface area contributed by atoms with Crippen molar-refractivity contribution in [1.29, 1.82) is 0 Å². The fourth-order valence-corrected chi connectivity index (χ4v) is 3.97. The van der Waals surface area contributed by atoms with Crippen LogP contribution in [-0.4, -0.2) is 31.4 Å². The van der Waals surface area contributed by atoms with Gasteiger partial charge in [0.05, 0.1) is 12.2 Å². The van der Waals surface area contributed by atoms with Crippen molar-refractivity contribution in [3.8, 4) is 11.5 Å². The third-order valence-electron chi connectivity index (χ3n) is 3.80. The number of aromatic nitrogens is 4. The van der Waals surface area contributed by atoms with Crippen molar-refractivity contribution in [2.75, 3.05) is 6.54 Å². The van der Waals surface area contributed by atoms with E-state index in [1.807, 2.05) is 29.8 Å². The van der Waals surface area contributed by atoms with Crippen LogP contribution in [0.1, 0.15) is 16.3 Å². The highest BCUT2D eigenvalue weighted by molar-refractivity contribution is 9.10. The van der Waals surface area contributed by atoms with Gasteiger partial charge in [0.2, 0.25) is 0 Å². The first-order valence-electron chi connectivity index (χ1n) is 7.36. The smallest absolute Gasteiger partial charge is 0.178 e. The molecular formula is C16H14BrN5S. The Bertz CT molecular complexity index is 820. The lowest BCUT2D eigenvalue weighted by atomic mass is 10.1. The van der Waals surface area contributed by atoms with Crippen molar-refractivity contribution >= 4 is 27.3 Å². The van der Waals surface area contributed by atoms with Gasteiger partial charge in [0.1, 0.15) is 15.3 Å². The predicted octanol–water partition coefficient (Wildman–Crippen LogP) is 3.32. The Morgan fingerprint density at radius 1 is 1.22 bits per heavy atom. The van der Waals surface area contributed by atoms with Gasteiger partial charge in [-0.15, -0.1) is 11.3 Å².